The fourth-order valence-electron chi connectivity index (χ4n) is 8.91. The number of carbonyl (C=O) groups is 1. The maximum Gasteiger partial charge on any atom is 0.220 e. The maximum absolute atomic E-state index is 13.4. The third-order valence-electron chi connectivity index (χ3n) is 10.3. The highest BCUT2D eigenvalue weighted by Crippen LogP contribution is 2.71. The van der Waals surface area contributed by atoms with Gasteiger partial charge in [-0.05, 0) is 79.1 Å². The number of carbonyl (C=O) groups excluding carboxylic acids is 1. The van der Waals surface area contributed by atoms with Crippen LogP contribution in [0.1, 0.15) is 65.7 Å². The van der Waals surface area contributed by atoms with Crippen LogP contribution >= 0.6 is 0 Å². The van der Waals surface area contributed by atoms with E-state index in [-0.39, 0.29) is 34.1 Å². The van der Waals surface area contributed by atoms with Gasteiger partial charge in [0.2, 0.25) is 6.29 Å². The van der Waals surface area contributed by atoms with E-state index >= 15 is 0 Å². The largest absolute Gasteiger partial charge is 0.394 e. The summed E-state index contributed by atoms with van der Waals surface area (Å²) in [7, 11) is 0. The molecule has 34 heavy (non-hydrogen) atoms. The molecular formula is C26H40O8. The lowest BCUT2D eigenvalue weighted by Crippen LogP contribution is -2.61. The van der Waals surface area contributed by atoms with Crippen molar-refractivity contribution < 1.29 is 39.7 Å². The molecule has 1 saturated heterocycles. The Hall–Kier alpha value is -0.870. The molecule has 5 fully saturated rings. The highest BCUT2D eigenvalue weighted by Gasteiger charge is 2.67. The molecule has 4 saturated carbocycles. The van der Waals surface area contributed by atoms with Crippen molar-refractivity contribution in [3.8, 4) is 0 Å². The second-order valence-corrected chi connectivity index (χ2v) is 12.5. The molecule has 5 rings (SSSR count). The molecule has 8 heteroatoms. The van der Waals surface area contributed by atoms with Crippen LogP contribution in [-0.2, 0) is 19.3 Å². The van der Waals surface area contributed by atoms with Gasteiger partial charge in [0.15, 0.2) is 5.78 Å². The van der Waals surface area contributed by atoms with E-state index in [0.29, 0.717) is 11.8 Å². The summed E-state index contributed by atoms with van der Waals surface area (Å²) in [4.78, 5) is 24.8. The van der Waals surface area contributed by atoms with Crippen molar-refractivity contribution in [1.82, 2.24) is 0 Å². The van der Waals surface area contributed by atoms with Crippen LogP contribution < -0.4 is 0 Å². The van der Waals surface area contributed by atoms with E-state index in [1.807, 2.05) is 0 Å². The Labute approximate surface area is 201 Å². The number of aliphatic hydroxyl groups excluding tert-OH is 4. The molecule has 0 radical (unpaired) electrons. The van der Waals surface area contributed by atoms with E-state index in [0.717, 1.165) is 50.5 Å². The molecular weight excluding hydrogens is 440 g/mol. The SMILES string of the molecule is C=C1C(=O)[C@@]23CC[C@@H]4C(C)(C)CC(OOC5OC(CO)C(O)C(O)C5O)C[C@@]4(C)[C@@H]2CCC1C3. The Balaban J connectivity index is 1.35. The summed E-state index contributed by atoms with van der Waals surface area (Å²) in [5.41, 5.74) is 0.405. The maximum atomic E-state index is 13.4. The molecule has 0 aromatic carbocycles. The molecule has 0 amide bonds. The Morgan fingerprint density at radius 3 is 2.41 bits per heavy atom. The van der Waals surface area contributed by atoms with E-state index in [9.17, 15) is 25.2 Å². The van der Waals surface area contributed by atoms with Gasteiger partial charge in [-0.2, -0.15) is 0 Å². The molecule has 11 atom stereocenters. The number of ketones is 1. The molecule has 4 aliphatic carbocycles. The van der Waals surface area contributed by atoms with Gasteiger partial charge in [0, 0.05) is 5.41 Å². The summed E-state index contributed by atoms with van der Waals surface area (Å²) in [6, 6.07) is 0. The molecule has 1 aliphatic heterocycles. The summed E-state index contributed by atoms with van der Waals surface area (Å²) in [6.07, 6.45) is -0.680. The number of hydrogen-bond donors (Lipinski definition) is 4. The molecule has 7 unspecified atom stereocenters. The fraction of sp³-hybridized carbons (Fsp3) is 0.885. The second-order valence-electron chi connectivity index (χ2n) is 12.5. The quantitative estimate of drug-likeness (QED) is 0.273. The number of fused-ring (bicyclic) bond motifs is 3. The molecule has 1 heterocycles. The first-order valence-corrected chi connectivity index (χ1v) is 12.8. The minimum atomic E-state index is -1.51. The lowest BCUT2D eigenvalue weighted by molar-refractivity contribution is -0.447. The summed E-state index contributed by atoms with van der Waals surface area (Å²) in [5, 5.41) is 39.8. The minimum Gasteiger partial charge on any atom is -0.394 e. The van der Waals surface area contributed by atoms with Gasteiger partial charge < -0.3 is 25.2 Å². The summed E-state index contributed by atoms with van der Waals surface area (Å²) >= 11 is 0. The van der Waals surface area contributed by atoms with Crippen molar-refractivity contribution in [3.05, 3.63) is 12.2 Å². The highest BCUT2D eigenvalue weighted by molar-refractivity contribution is 6.03. The molecule has 0 aromatic rings. The predicted octanol–water partition coefficient (Wildman–Crippen LogP) is 1.88. The number of hydrogen-bond acceptors (Lipinski definition) is 8. The van der Waals surface area contributed by atoms with Crippen molar-refractivity contribution in [2.75, 3.05) is 6.61 Å². The number of allylic oxidation sites excluding steroid dienone is 1. The average molecular weight is 481 g/mol. The Morgan fingerprint density at radius 2 is 1.71 bits per heavy atom. The molecule has 192 valence electrons. The van der Waals surface area contributed by atoms with Crippen LogP contribution in [0, 0.1) is 34.0 Å². The summed E-state index contributed by atoms with van der Waals surface area (Å²) < 4.78 is 5.44. The number of aliphatic hydroxyl groups is 4. The van der Waals surface area contributed by atoms with Gasteiger partial charge >= 0.3 is 0 Å². The van der Waals surface area contributed by atoms with Gasteiger partial charge in [-0.15, -0.1) is 0 Å². The lowest BCUT2D eigenvalue weighted by Gasteiger charge is -2.64. The molecule has 4 N–H and O–H groups in total. The van der Waals surface area contributed by atoms with Crippen molar-refractivity contribution in [2.45, 2.75) is 103 Å². The van der Waals surface area contributed by atoms with Gasteiger partial charge in [-0.3, -0.25) is 4.79 Å². The zero-order valence-electron chi connectivity index (χ0n) is 20.5. The minimum absolute atomic E-state index is 0.0342. The van der Waals surface area contributed by atoms with E-state index in [1.165, 1.54) is 0 Å². The predicted molar refractivity (Wildman–Crippen MR) is 121 cm³/mol. The molecule has 8 nitrogen and oxygen atoms in total. The van der Waals surface area contributed by atoms with E-state index in [2.05, 4.69) is 27.4 Å². The van der Waals surface area contributed by atoms with Crippen LogP contribution in [-0.4, -0.2) is 69.6 Å². The first-order valence-electron chi connectivity index (χ1n) is 12.8. The van der Waals surface area contributed by atoms with Crippen LogP contribution in [0.3, 0.4) is 0 Å². The highest BCUT2D eigenvalue weighted by atomic mass is 17.2. The van der Waals surface area contributed by atoms with Crippen LogP contribution in [0.2, 0.25) is 0 Å². The molecule has 2 bridgehead atoms. The lowest BCUT2D eigenvalue weighted by atomic mass is 9.41. The van der Waals surface area contributed by atoms with Gasteiger partial charge in [0.05, 0.1) is 12.7 Å². The zero-order valence-corrected chi connectivity index (χ0v) is 20.5. The third kappa shape index (κ3) is 3.48. The molecule has 0 aromatic heterocycles. The molecule has 1 spiro atoms. The number of rotatable bonds is 4. The number of Topliss-reactive ketones (excluding diaryl/α,β-unsaturated/α-hetero) is 1. The summed E-state index contributed by atoms with van der Waals surface area (Å²) in [5.74, 6) is 1.36. The van der Waals surface area contributed by atoms with Crippen molar-refractivity contribution in [2.24, 2.45) is 34.0 Å². The third-order valence-corrected chi connectivity index (χ3v) is 10.3. The smallest absolute Gasteiger partial charge is 0.220 e. The van der Waals surface area contributed by atoms with Gasteiger partial charge in [-0.25, -0.2) is 9.78 Å². The number of ether oxygens (including phenoxy) is 1. The first kappa shape index (κ1) is 24.8. The zero-order chi connectivity index (χ0) is 24.6. The van der Waals surface area contributed by atoms with Crippen molar-refractivity contribution in [3.63, 3.8) is 0 Å². The van der Waals surface area contributed by atoms with Crippen LogP contribution in [0.5, 0.6) is 0 Å². The average Bonchev–Trinajstić information content (AvgIpc) is 2.96. The summed E-state index contributed by atoms with van der Waals surface area (Å²) in [6.45, 7) is 10.5. The van der Waals surface area contributed by atoms with E-state index in [4.69, 9.17) is 14.5 Å². The van der Waals surface area contributed by atoms with Gasteiger partial charge in [0.25, 0.3) is 0 Å². The monoisotopic (exact) mass is 480 g/mol. The Kier molecular flexibility index (Phi) is 6.08. The van der Waals surface area contributed by atoms with Crippen LogP contribution in [0.4, 0.5) is 0 Å². The first-order chi connectivity index (χ1) is 15.9. The van der Waals surface area contributed by atoms with Crippen molar-refractivity contribution >= 4 is 5.78 Å². The second kappa shape index (κ2) is 8.33. The van der Waals surface area contributed by atoms with Crippen LogP contribution in [0.25, 0.3) is 0 Å². The van der Waals surface area contributed by atoms with Crippen LogP contribution in [0.15, 0.2) is 12.2 Å². The Bertz CT molecular complexity index is 841. The van der Waals surface area contributed by atoms with Crippen molar-refractivity contribution in [1.29, 1.82) is 0 Å². The topological polar surface area (TPSA) is 126 Å². The standard InChI is InChI=1S/C26H40O8/c1-13-14-5-6-18-25(4)11-15(33-34-23-21(30)20(29)19(28)16(12-27)32-23)10-24(2,3)17(25)7-8-26(18,9-14)22(13)31/h14-21,23,27-30H,1,5-12H2,2-4H3/t14?,15?,16?,17-,18+,19?,20?,21?,23?,25-,26-/m1/s1. The van der Waals surface area contributed by atoms with E-state index < -0.39 is 37.3 Å². The van der Waals surface area contributed by atoms with Gasteiger partial charge in [0.1, 0.15) is 24.4 Å². The fourth-order valence-corrected chi connectivity index (χ4v) is 8.91. The van der Waals surface area contributed by atoms with Gasteiger partial charge in [-0.1, -0.05) is 27.4 Å². The Morgan fingerprint density at radius 1 is 0.971 bits per heavy atom. The normalized spacial score (nSPS) is 52.3. The van der Waals surface area contributed by atoms with E-state index in [1.54, 1.807) is 0 Å². The molecule has 5 aliphatic rings.